The van der Waals surface area contributed by atoms with E-state index in [1.807, 2.05) is 38.1 Å². The highest BCUT2D eigenvalue weighted by atomic mass is 79.9. The monoisotopic (exact) mass is 299 g/mol. The molecular formula is C13H18BrNO2. The number of rotatable bonds is 5. The van der Waals surface area contributed by atoms with E-state index >= 15 is 0 Å². The number of hydrogen-bond acceptors (Lipinski definition) is 2. The molecule has 1 aromatic carbocycles. The molecule has 3 nitrogen and oxygen atoms in total. The van der Waals surface area contributed by atoms with Crippen LogP contribution in [0.25, 0.3) is 0 Å². The molecule has 0 atom stereocenters. The fraction of sp³-hybridized carbons (Fsp3) is 0.462. The molecule has 0 aliphatic carbocycles. The van der Waals surface area contributed by atoms with Gasteiger partial charge in [0.1, 0.15) is 5.75 Å². The zero-order valence-corrected chi connectivity index (χ0v) is 12.0. The van der Waals surface area contributed by atoms with E-state index in [1.165, 1.54) is 0 Å². The SMILES string of the molecule is COc1cccc(CCNC(=O)C(C)(C)Br)c1. The van der Waals surface area contributed by atoms with Gasteiger partial charge in [0.25, 0.3) is 0 Å². The summed E-state index contributed by atoms with van der Waals surface area (Å²) in [5.74, 6) is 0.843. The van der Waals surface area contributed by atoms with E-state index in [1.54, 1.807) is 7.11 Å². The number of methoxy groups -OCH3 is 1. The Kier molecular flexibility index (Phi) is 5.00. The topological polar surface area (TPSA) is 38.3 Å². The van der Waals surface area contributed by atoms with Crippen molar-refractivity contribution in [2.45, 2.75) is 24.6 Å². The molecule has 0 saturated heterocycles. The van der Waals surface area contributed by atoms with Crippen molar-refractivity contribution in [3.63, 3.8) is 0 Å². The molecule has 0 aliphatic rings. The van der Waals surface area contributed by atoms with Gasteiger partial charge in [-0.05, 0) is 38.0 Å². The number of benzene rings is 1. The molecule has 1 N–H and O–H groups in total. The summed E-state index contributed by atoms with van der Waals surface area (Å²) in [7, 11) is 1.65. The van der Waals surface area contributed by atoms with Gasteiger partial charge in [0, 0.05) is 6.54 Å². The highest BCUT2D eigenvalue weighted by Crippen LogP contribution is 2.15. The third-order valence-electron chi connectivity index (χ3n) is 2.37. The fourth-order valence-electron chi connectivity index (χ4n) is 1.36. The maximum absolute atomic E-state index is 11.6. The summed E-state index contributed by atoms with van der Waals surface area (Å²) < 4.78 is 4.63. The van der Waals surface area contributed by atoms with Gasteiger partial charge in [-0.15, -0.1) is 0 Å². The number of halogens is 1. The third-order valence-corrected chi connectivity index (χ3v) is 2.73. The number of ether oxygens (including phenoxy) is 1. The third kappa shape index (κ3) is 4.77. The van der Waals surface area contributed by atoms with Crippen molar-refractivity contribution in [1.29, 1.82) is 0 Å². The highest BCUT2D eigenvalue weighted by Gasteiger charge is 2.22. The molecule has 0 bridgehead atoms. The minimum absolute atomic E-state index is 0.000367. The molecule has 4 heteroatoms. The van der Waals surface area contributed by atoms with Crippen LogP contribution >= 0.6 is 15.9 Å². The molecular weight excluding hydrogens is 282 g/mol. The molecule has 0 aromatic heterocycles. The van der Waals surface area contributed by atoms with Gasteiger partial charge in [-0.1, -0.05) is 28.1 Å². The number of alkyl halides is 1. The first-order valence-corrected chi connectivity index (χ1v) is 6.33. The molecule has 0 fully saturated rings. The van der Waals surface area contributed by atoms with E-state index in [0.717, 1.165) is 17.7 Å². The standard InChI is InChI=1S/C13H18BrNO2/c1-13(2,14)12(16)15-8-7-10-5-4-6-11(9-10)17-3/h4-6,9H,7-8H2,1-3H3,(H,15,16). The normalized spacial score (nSPS) is 11.1. The summed E-state index contributed by atoms with van der Waals surface area (Å²) >= 11 is 3.32. The summed E-state index contributed by atoms with van der Waals surface area (Å²) in [4.78, 5) is 11.6. The molecule has 0 saturated carbocycles. The average Bonchev–Trinajstić information content (AvgIpc) is 2.28. The molecule has 0 heterocycles. The Balaban J connectivity index is 2.43. The molecule has 0 radical (unpaired) electrons. The van der Waals surface area contributed by atoms with E-state index < -0.39 is 4.32 Å². The Bertz CT molecular complexity index is 385. The van der Waals surface area contributed by atoms with Gasteiger partial charge in [0.15, 0.2) is 0 Å². The number of carbonyl (C=O) groups is 1. The van der Waals surface area contributed by atoms with Crippen molar-refractivity contribution < 1.29 is 9.53 Å². The minimum Gasteiger partial charge on any atom is -0.497 e. The summed E-state index contributed by atoms with van der Waals surface area (Å²) in [5.41, 5.74) is 1.15. The molecule has 1 amide bonds. The van der Waals surface area contributed by atoms with Crippen LogP contribution in [0.4, 0.5) is 0 Å². The fourth-order valence-corrected chi connectivity index (χ4v) is 1.50. The quantitative estimate of drug-likeness (QED) is 0.849. The molecule has 17 heavy (non-hydrogen) atoms. The Morgan fingerprint density at radius 1 is 1.47 bits per heavy atom. The number of nitrogens with one attached hydrogen (secondary N) is 1. The van der Waals surface area contributed by atoms with Crippen LogP contribution in [0.1, 0.15) is 19.4 Å². The predicted molar refractivity (Wildman–Crippen MR) is 72.7 cm³/mol. The molecule has 1 aromatic rings. The molecule has 1 rings (SSSR count). The molecule has 0 aliphatic heterocycles. The van der Waals surface area contributed by atoms with Crippen molar-refractivity contribution in [3.05, 3.63) is 29.8 Å². The highest BCUT2D eigenvalue weighted by molar-refractivity contribution is 9.10. The van der Waals surface area contributed by atoms with Crippen LogP contribution in [0.15, 0.2) is 24.3 Å². The van der Waals surface area contributed by atoms with Crippen molar-refractivity contribution in [2.75, 3.05) is 13.7 Å². The van der Waals surface area contributed by atoms with Crippen molar-refractivity contribution >= 4 is 21.8 Å². The number of hydrogen-bond donors (Lipinski definition) is 1. The summed E-state index contributed by atoms with van der Waals surface area (Å²) in [6.07, 6.45) is 0.798. The Morgan fingerprint density at radius 3 is 2.76 bits per heavy atom. The molecule has 0 spiro atoms. The lowest BCUT2D eigenvalue weighted by Crippen LogP contribution is -2.38. The second-order valence-electron chi connectivity index (χ2n) is 4.33. The summed E-state index contributed by atoms with van der Waals surface area (Å²) in [6.45, 7) is 4.28. The van der Waals surface area contributed by atoms with Gasteiger partial charge in [0.2, 0.25) is 5.91 Å². The first kappa shape index (κ1) is 14.0. The zero-order valence-electron chi connectivity index (χ0n) is 10.4. The average molecular weight is 300 g/mol. The van der Waals surface area contributed by atoms with Gasteiger partial charge >= 0.3 is 0 Å². The predicted octanol–water partition coefficient (Wildman–Crippen LogP) is 2.53. The van der Waals surface area contributed by atoms with Gasteiger partial charge in [-0.25, -0.2) is 0 Å². The van der Waals surface area contributed by atoms with E-state index in [4.69, 9.17) is 4.74 Å². The van der Waals surface area contributed by atoms with Gasteiger partial charge in [0.05, 0.1) is 11.4 Å². The van der Waals surface area contributed by atoms with Crippen LogP contribution in [0.3, 0.4) is 0 Å². The summed E-state index contributed by atoms with van der Waals surface area (Å²) in [5, 5.41) is 2.88. The van der Waals surface area contributed by atoms with Crippen LogP contribution in [-0.2, 0) is 11.2 Å². The zero-order chi connectivity index (χ0) is 12.9. The molecule has 0 unspecified atom stereocenters. The van der Waals surface area contributed by atoms with Crippen LogP contribution in [0, 0.1) is 0 Å². The van der Waals surface area contributed by atoms with Crippen LogP contribution in [0.5, 0.6) is 5.75 Å². The van der Waals surface area contributed by atoms with Gasteiger partial charge in [-0.2, -0.15) is 0 Å². The Hall–Kier alpha value is -1.03. The largest absolute Gasteiger partial charge is 0.497 e. The second kappa shape index (κ2) is 6.05. The lowest BCUT2D eigenvalue weighted by atomic mass is 10.1. The van der Waals surface area contributed by atoms with Crippen LogP contribution < -0.4 is 10.1 Å². The number of carbonyl (C=O) groups excluding carboxylic acids is 1. The van der Waals surface area contributed by atoms with Gasteiger partial charge < -0.3 is 10.1 Å². The minimum atomic E-state index is -0.513. The van der Waals surface area contributed by atoms with E-state index in [9.17, 15) is 4.79 Å². The van der Waals surface area contributed by atoms with E-state index in [2.05, 4.69) is 21.2 Å². The second-order valence-corrected chi connectivity index (χ2v) is 6.31. The van der Waals surface area contributed by atoms with Gasteiger partial charge in [-0.3, -0.25) is 4.79 Å². The lowest BCUT2D eigenvalue weighted by molar-refractivity contribution is -0.122. The first-order valence-electron chi connectivity index (χ1n) is 5.53. The maximum atomic E-state index is 11.6. The van der Waals surface area contributed by atoms with Crippen LogP contribution in [-0.4, -0.2) is 23.9 Å². The van der Waals surface area contributed by atoms with Crippen LogP contribution in [0.2, 0.25) is 0 Å². The van der Waals surface area contributed by atoms with E-state index in [0.29, 0.717) is 6.54 Å². The maximum Gasteiger partial charge on any atom is 0.236 e. The summed E-state index contributed by atoms with van der Waals surface area (Å²) in [6, 6.07) is 7.85. The van der Waals surface area contributed by atoms with Crippen molar-refractivity contribution in [3.8, 4) is 5.75 Å². The number of amides is 1. The smallest absolute Gasteiger partial charge is 0.236 e. The van der Waals surface area contributed by atoms with Crippen molar-refractivity contribution in [1.82, 2.24) is 5.32 Å². The first-order chi connectivity index (χ1) is 7.93. The van der Waals surface area contributed by atoms with E-state index in [-0.39, 0.29) is 5.91 Å². The Morgan fingerprint density at radius 2 is 2.18 bits per heavy atom. The molecule has 94 valence electrons. The Labute approximate surface area is 111 Å². The van der Waals surface area contributed by atoms with Crippen molar-refractivity contribution in [2.24, 2.45) is 0 Å². The lowest BCUT2D eigenvalue weighted by Gasteiger charge is -2.15.